The van der Waals surface area contributed by atoms with Crippen molar-refractivity contribution in [1.29, 1.82) is 0 Å². The quantitative estimate of drug-likeness (QED) is 0.627. The summed E-state index contributed by atoms with van der Waals surface area (Å²) < 4.78 is 5.45. The van der Waals surface area contributed by atoms with Crippen LogP contribution >= 0.6 is 0 Å². The first-order valence-corrected chi connectivity index (χ1v) is 9.39. The molecule has 0 saturated carbocycles. The molecule has 3 rings (SSSR count). The predicted molar refractivity (Wildman–Crippen MR) is 111 cm³/mol. The Bertz CT molecular complexity index is 897. The molecule has 0 aliphatic carbocycles. The first kappa shape index (κ1) is 20.5. The fraction of sp³-hybridized carbons (Fsp3) is 0.261. The minimum absolute atomic E-state index is 0.448. The second-order valence-corrected chi connectivity index (χ2v) is 7.06. The number of pyridine rings is 2. The van der Waals surface area contributed by atoms with Gasteiger partial charge in [-0.3, -0.25) is 19.7 Å². The number of rotatable bonds is 8. The maximum atomic E-state index is 12.4. The third-order valence-corrected chi connectivity index (χ3v) is 4.82. The Morgan fingerprint density at radius 1 is 1.03 bits per heavy atom. The molecule has 2 heterocycles. The molecule has 1 atom stereocenters. The van der Waals surface area contributed by atoms with Crippen LogP contribution in [0.25, 0.3) is 0 Å². The Kier molecular flexibility index (Phi) is 6.57. The molecule has 0 saturated heterocycles. The SMILES string of the molecule is COc1c(C)cc(C(C(=O)O)N(Cc2cccnc2)Cc2cccnc2)cc1C. The van der Waals surface area contributed by atoms with E-state index in [9.17, 15) is 9.90 Å². The number of benzene rings is 1. The van der Waals surface area contributed by atoms with Crippen molar-refractivity contribution in [2.75, 3.05) is 7.11 Å². The number of aliphatic carboxylic acids is 1. The summed E-state index contributed by atoms with van der Waals surface area (Å²) in [5.41, 5.74) is 4.45. The maximum absolute atomic E-state index is 12.4. The molecule has 0 radical (unpaired) electrons. The van der Waals surface area contributed by atoms with Gasteiger partial charge in [-0.2, -0.15) is 0 Å². The summed E-state index contributed by atoms with van der Waals surface area (Å²) in [6.45, 7) is 4.76. The fourth-order valence-electron chi connectivity index (χ4n) is 3.66. The average molecular weight is 391 g/mol. The fourth-order valence-corrected chi connectivity index (χ4v) is 3.66. The van der Waals surface area contributed by atoms with E-state index in [-0.39, 0.29) is 0 Å². The number of aryl methyl sites for hydroxylation is 2. The largest absolute Gasteiger partial charge is 0.496 e. The normalized spacial score (nSPS) is 12.0. The molecular weight excluding hydrogens is 366 g/mol. The van der Waals surface area contributed by atoms with Crippen molar-refractivity contribution in [2.24, 2.45) is 0 Å². The Morgan fingerprint density at radius 3 is 1.93 bits per heavy atom. The number of methoxy groups -OCH3 is 1. The number of hydrogen-bond acceptors (Lipinski definition) is 5. The first-order valence-electron chi connectivity index (χ1n) is 9.39. The number of hydrogen-bond donors (Lipinski definition) is 1. The molecule has 3 aromatic rings. The van der Waals surface area contributed by atoms with E-state index in [1.54, 1.807) is 31.9 Å². The van der Waals surface area contributed by atoms with Gasteiger partial charge in [-0.1, -0.05) is 24.3 Å². The van der Waals surface area contributed by atoms with E-state index in [2.05, 4.69) is 9.97 Å². The lowest BCUT2D eigenvalue weighted by atomic mass is 9.98. The molecule has 6 nitrogen and oxygen atoms in total. The van der Waals surface area contributed by atoms with Gasteiger partial charge in [0.2, 0.25) is 0 Å². The molecule has 150 valence electrons. The van der Waals surface area contributed by atoms with Crippen LogP contribution in [-0.4, -0.2) is 33.1 Å². The molecule has 1 unspecified atom stereocenters. The number of carboxylic acids is 1. The number of nitrogens with zero attached hydrogens (tertiary/aromatic N) is 3. The zero-order chi connectivity index (χ0) is 20.8. The van der Waals surface area contributed by atoms with Crippen LogP contribution in [0.15, 0.2) is 61.2 Å². The van der Waals surface area contributed by atoms with Gasteiger partial charge in [0, 0.05) is 37.9 Å². The van der Waals surface area contributed by atoms with Crippen LogP contribution in [0.4, 0.5) is 0 Å². The first-order chi connectivity index (χ1) is 14.0. The zero-order valence-corrected chi connectivity index (χ0v) is 16.9. The summed E-state index contributed by atoms with van der Waals surface area (Å²) in [5.74, 6) is -0.120. The molecule has 2 aromatic heterocycles. The summed E-state index contributed by atoms with van der Waals surface area (Å²) in [7, 11) is 1.63. The van der Waals surface area contributed by atoms with Crippen molar-refractivity contribution in [3.63, 3.8) is 0 Å². The molecule has 0 aliphatic rings. The van der Waals surface area contributed by atoms with Crippen molar-refractivity contribution in [1.82, 2.24) is 14.9 Å². The van der Waals surface area contributed by atoms with Crippen LogP contribution in [-0.2, 0) is 17.9 Å². The van der Waals surface area contributed by atoms with Crippen LogP contribution in [0.5, 0.6) is 5.75 Å². The van der Waals surface area contributed by atoms with E-state index in [1.807, 2.05) is 55.1 Å². The van der Waals surface area contributed by atoms with Crippen LogP contribution < -0.4 is 4.74 Å². The molecule has 0 spiro atoms. The summed E-state index contributed by atoms with van der Waals surface area (Å²) in [4.78, 5) is 22.7. The lowest BCUT2D eigenvalue weighted by molar-refractivity contribution is -0.144. The van der Waals surface area contributed by atoms with E-state index in [4.69, 9.17) is 4.74 Å². The van der Waals surface area contributed by atoms with Gasteiger partial charge in [-0.25, -0.2) is 0 Å². The standard InChI is InChI=1S/C23H25N3O3/c1-16-10-20(11-17(2)22(16)29-3)21(23(27)28)26(14-18-6-4-8-24-12-18)15-19-7-5-9-25-13-19/h4-13,21H,14-15H2,1-3H3,(H,27,28). The Labute approximate surface area is 170 Å². The van der Waals surface area contributed by atoms with Crippen molar-refractivity contribution >= 4 is 5.97 Å². The van der Waals surface area contributed by atoms with Gasteiger partial charge in [0.25, 0.3) is 0 Å². The van der Waals surface area contributed by atoms with Gasteiger partial charge < -0.3 is 9.84 Å². The minimum atomic E-state index is -0.901. The van der Waals surface area contributed by atoms with Crippen LogP contribution in [0.3, 0.4) is 0 Å². The Morgan fingerprint density at radius 2 is 1.55 bits per heavy atom. The highest BCUT2D eigenvalue weighted by atomic mass is 16.5. The van der Waals surface area contributed by atoms with Gasteiger partial charge in [-0.15, -0.1) is 0 Å². The van der Waals surface area contributed by atoms with Crippen molar-refractivity contribution in [3.05, 3.63) is 89.0 Å². The molecule has 0 amide bonds. The second-order valence-electron chi connectivity index (χ2n) is 7.06. The highest BCUT2D eigenvalue weighted by Crippen LogP contribution is 2.31. The maximum Gasteiger partial charge on any atom is 0.325 e. The lowest BCUT2D eigenvalue weighted by Gasteiger charge is -2.30. The lowest BCUT2D eigenvalue weighted by Crippen LogP contribution is -2.33. The number of carboxylic acid groups (broad SMARTS) is 1. The average Bonchev–Trinajstić information content (AvgIpc) is 2.69. The van der Waals surface area contributed by atoms with Gasteiger partial charge in [0.05, 0.1) is 7.11 Å². The summed E-state index contributed by atoms with van der Waals surface area (Å²) >= 11 is 0. The van der Waals surface area contributed by atoms with E-state index < -0.39 is 12.0 Å². The third-order valence-electron chi connectivity index (χ3n) is 4.82. The van der Waals surface area contributed by atoms with Crippen molar-refractivity contribution in [2.45, 2.75) is 33.0 Å². The molecule has 1 N–H and O–H groups in total. The summed E-state index contributed by atoms with van der Waals surface area (Å²) in [6, 6.07) is 10.6. The van der Waals surface area contributed by atoms with E-state index in [0.29, 0.717) is 13.1 Å². The van der Waals surface area contributed by atoms with Crippen LogP contribution in [0.1, 0.15) is 33.9 Å². The van der Waals surface area contributed by atoms with Crippen LogP contribution in [0.2, 0.25) is 0 Å². The molecule has 0 fully saturated rings. The van der Waals surface area contributed by atoms with E-state index in [0.717, 1.165) is 33.6 Å². The monoisotopic (exact) mass is 391 g/mol. The summed E-state index contributed by atoms with van der Waals surface area (Å²) in [5, 5.41) is 10.2. The van der Waals surface area contributed by atoms with Gasteiger partial charge >= 0.3 is 5.97 Å². The third kappa shape index (κ3) is 4.97. The van der Waals surface area contributed by atoms with Gasteiger partial charge in [0.1, 0.15) is 11.8 Å². The number of carbonyl (C=O) groups is 1. The summed E-state index contributed by atoms with van der Waals surface area (Å²) in [6.07, 6.45) is 6.94. The Balaban J connectivity index is 2.03. The van der Waals surface area contributed by atoms with Gasteiger partial charge in [0.15, 0.2) is 0 Å². The molecule has 29 heavy (non-hydrogen) atoms. The molecular formula is C23H25N3O3. The van der Waals surface area contributed by atoms with E-state index >= 15 is 0 Å². The smallest absolute Gasteiger partial charge is 0.325 e. The zero-order valence-electron chi connectivity index (χ0n) is 16.9. The predicted octanol–water partition coefficient (Wildman–Crippen LogP) is 3.93. The minimum Gasteiger partial charge on any atom is -0.496 e. The number of ether oxygens (including phenoxy) is 1. The van der Waals surface area contributed by atoms with Crippen molar-refractivity contribution in [3.8, 4) is 5.75 Å². The van der Waals surface area contributed by atoms with E-state index in [1.165, 1.54) is 0 Å². The number of aromatic nitrogens is 2. The molecule has 1 aromatic carbocycles. The molecule has 0 aliphatic heterocycles. The second kappa shape index (κ2) is 9.30. The topological polar surface area (TPSA) is 75.6 Å². The van der Waals surface area contributed by atoms with Gasteiger partial charge in [-0.05, 0) is 53.8 Å². The molecule has 6 heteroatoms. The highest BCUT2D eigenvalue weighted by Gasteiger charge is 2.29. The Hall–Kier alpha value is -3.25. The van der Waals surface area contributed by atoms with Crippen LogP contribution in [0, 0.1) is 13.8 Å². The highest BCUT2D eigenvalue weighted by molar-refractivity contribution is 5.76. The van der Waals surface area contributed by atoms with Crippen molar-refractivity contribution < 1.29 is 14.6 Å². The molecule has 0 bridgehead atoms.